The van der Waals surface area contributed by atoms with Gasteiger partial charge in [0.15, 0.2) is 0 Å². The number of halogens is 2. The van der Waals surface area contributed by atoms with Crippen molar-refractivity contribution in [3.05, 3.63) is 40.6 Å². The monoisotopic (exact) mass is 283 g/mol. The van der Waals surface area contributed by atoms with Gasteiger partial charge in [-0.3, -0.25) is 0 Å². The average molecular weight is 284 g/mol. The average Bonchev–Trinajstić information content (AvgIpc) is 2.76. The van der Waals surface area contributed by atoms with Crippen molar-refractivity contribution in [2.24, 2.45) is 0 Å². The Morgan fingerprint density at radius 1 is 1.42 bits per heavy atom. The van der Waals surface area contributed by atoms with Crippen LogP contribution < -0.4 is 0 Å². The van der Waals surface area contributed by atoms with Crippen LogP contribution >= 0.6 is 11.6 Å². The smallest absolute Gasteiger partial charge is 0.374 e. The minimum atomic E-state index is -1.50. The summed E-state index contributed by atoms with van der Waals surface area (Å²) in [6, 6.07) is 5.93. The van der Waals surface area contributed by atoms with Crippen molar-refractivity contribution in [1.29, 1.82) is 0 Å². The molecule has 0 atom stereocenters. The molecule has 0 aliphatic carbocycles. The highest BCUT2D eigenvalue weighted by Gasteiger charge is 2.21. The first-order valence-electron chi connectivity index (χ1n) is 5.48. The number of nitrogens with zero attached hydrogens (tertiary/aromatic N) is 1. The van der Waals surface area contributed by atoms with Gasteiger partial charge in [0.1, 0.15) is 11.4 Å². The van der Waals surface area contributed by atoms with Gasteiger partial charge in [-0.15, -0.1) is 0 Å². The van der Waals surface area contributed by atoms with Crippen LogP contribution in [0.3, 0.4) is 0 Å². The third kappa shape index (κ3) is 2.76. The SMILES string of the molecule is CC(C)(F)c1ccc(-c2cc(C(=O)O)on2)c(Cl)c1. The summed E-state index contributed by atoms with van der Waals surface area (Å²) in [5, 5.41) is 12.7. The molecule has 0 radical (unpaired) electrons. The van der Waals surface area contributed by atoms with E-state index in [-0.39, 0.29) is 10.8 Å². The van der Waals surface area contributed by atoms with Crippen molar-refractivity contribution in [2.75, 3.05) is 0 Å². The summed E-state index contributed by atoms with van der Waals surface area (Å²) in [4.78, 5) is 10.7. The molecule has 6 heteroatoms. The van der Waals surface area contributed by atoms with Gasteiger partial charge in [0, 0.05) is 11.6 Å². The van der Waals surface area contributed by atoms with Crippen LogP contribution in [0.4, 0.5) is 4.39 Å². The first kappa shape index (κ1) is 13.5. The number of alkyl halides is 1. The van der Waals surface area contributed by atoms with Crippen molar-refractivity contribution < 1.29 is 18.8 Å². The molecule has 0 saturated carbocycles. The number of carboxylic acids is 1. The number of carboxylic acid groups (broad SMARTS) is 1. The van der Waals surface area contributed by atoms with Crippen LogP contribution in [0.5, 0.6) is 0 Å². The second-order valence-corrected chi connectivity index (χ2v) is 4.96. The Morgan fingerprint density at radius 3 is 2.58 bits per heavy atom. The van der Waals surface area contributed by atoms with Crippen LogP contribution in [0.1, 0.15) is 30.0 Å². The number of hydrogen-bond donors (Lipinski definition) is 1. The van der Waals surface area contributed by atoms with Crippen LogP contribution in [0.2, 0.25) is 5.02 Å². The van der Waals surface area contributed by atoms with Gasteiger partial charge in [0.05, 0.1) is 5.02 Å². The van der Waals surface area contributed by atoms with Gasteiger partial charge in [-0.25, -0.2) is 9.18 Å². The molecule has 1 heterocycles. The molecular formula is C13H11ClFNO3. The zero-order valence-corrected chi connectivity index (χ0v) is 11.0. The zero-order chi connectivity index (χ0) is 14.2. The molecule has 0 fully saturated rings. The molecule has 2 aromatic rings. The van der Waals surface area contributed by atoms with Crippen LogP contribution in [-0.4, -0.2) is 16.2 Å². The van der Waals surface area contributed by atoms with E-state index in [0.717, 1.165) is 0 Å². The first-order chi connectivity index (χ1) is 8.79. The molecule has 0 aliphatic heterocycles. The lowest BCUT2D eigenvalue weighted by atomic mass is 9.98. The van der Waals surface area contributed by atoms with E-state index in [4.69, 9.17) is 16.7 Å². The van der Waals surface area contributed by atoms with E-state index in [1.54, 1.807) is 12.1 Å². The number of benzene rings is 1. The number of carbonyl (C=O) groups is 1. The molecule has 0 amide bonds. The predicted octanol–water partition coefficient (Wildman–Crippen LogP) is 3.90. The maximum Gasteiger partial charge on any atom is 0.374 e. The normalized spacial score (nSPS) is 11.6. The van der Waals surface area contributed by atoms with E-state index in [1.165, 1.54) is 26.0 Å². The van der Waals surface area contributed by atoms with Crippen LogP contribution in [0.15, 0.2) is 28.8 Å². The molecule has 0 aliphatic rings. The van der Waals surface area contributed by atoms with E-state index in [2.05, 4.69) is 9.68 Å². The molecular weight excluding hydrogens is 273 g/mol. The minimum absolute atomic E-state index is 0.277. The zero-order valence-electron chi connectivity index (χ0n) is 10.3. The van der Waals surface area contributed by atoms with Gasteiger partial charge in [-0.2, -0.15) is 0 Å². The Kier molecular flexibility index (Phi) is 3.32. The van der Waals surface area contributed by atoms with Crippen molar-refractivity contribution in [3.63, 3.8) is 0 Å². The number of rotatable bonds is 3. The Hall–Kier alpha value is -1.88. The van der Waals surface area contributed by atoms with E-state index in [9.17, 15) is 9.18 Å². The molecule has 1 N–H and O–H groups in total. The fourth-order valence-electron chi connectivity index (χ4n) is 1.60. The summed E-state index contributed by atoms with van der Waals surface area (Å²) in [7, 11) is 0. The lowest BCUT2D eigenvalue weighted by Crippen LogP contribution is -2.08. The Bertz CT molecular complexity index is 631. The molecule has 1 aromatic carbocycles. The van der Waals surface area contributed by atoms with Crippen molar-refractivity contribution in [2.45, 2.75) is 19.5 Å². The van der Waals surface area contributed by atoms with Gasteiger partial charge < -0.3 is 9.63 Å². The maximum absolute atomic E-state index is 13.8. The molecule has 0 unspecified atom stereocenters. The lowest BCUT2D eigenvalue weighted by Gasteiger charge is -2.15. The quantitative estimate of drug-likeness (QED) is 0.928. The fourth-order valence-corrected chi connectivity index (χ4v) is 1.87. The summed E-state index contributed by atoms with van der Waals surface area (Å²) in [6.07, 6.45) is 0. The predicted molar refractivity (Wildman–Crippen MR) is 68.0 cm³/mol. The van der Waals surface area contributed by atoms with Gasteiger partial charge in [0.2, 0.25) is 5.76 Å². The van der Waals surface area contributed by atoms with E-state index >= 15 is 0 Å². The van der Waals surface area contributed by atoms with Gasteiger partial charge >= 0.3 is 5.97 Å². The summed E-state index contributed by atoms with van der Waals surface area (Å²) in [6.45, 7) is 2.86. The highest BCUT2D eigenvalue weighted by molar-refractivity contribution is 6.33. The highest BCUT2D eigenvalue weighted by atomic mass is 35.5. The van der Waals surface area contributed by atoms with Gasteiger partial charge in [-0.05, 0) is 25.5 Å². The Labute approximate surface area is 113 Å². The van der Waals surface area contributed by atoms with E-state index in [0.29, 0.717) is 16.8 Å². The summed E-state index contributed by atoms with van der Waals surface area (Å²) >= 11 is 6.06. The Morgan fingerprint density at radius 2 is 2.11 bits per heavy atom. The summed E-state index contributed by atoms with van der Waals surface area (Å²) in [5.41, 5.74) is -0.280. The first-order valence-corrected chi connectivity index (χ1v) is 5.86. The van der Waals surface area contributed by atoms with E-state index < -0.39 is 11.6 Å². The molecule has 2 rings (SSSR count). The third-order valence-corrected chi connectivity index (χ3v) is 2.97. The summed E-state index contributed by atoms with van der Waals surface area (Å²) in [5.74, 6) is -1.49. The van der Waals surface area contributed by atoms with E-state index in [1.807, 2.05) is 0 Å². The van der Waals surface area contributed by atoms with Gasteiger partial charge in [0.25, 0.3) is 0 Å². The topological polar surface area (TPSA) is 63.3 Å². The van der Waals surface area contributed by atoms with Crippen molar-refractivity contribution in [1.82, 2.24) is 5.16 Å². The van der Waals surface area contributed by atoms with Crippen LogP contribution in [-0.2, 0) is 5.67 Å². The molecule has 0 spiro atoms. The van der Waals surface area contributed by atoms with Crippen LogP contribution in [0.25, 0.3) is 11.3 Å². The molecule has 4 nitrogen and oxygen atoms in total. The fraction of sp³-hybridized carbons (Fsp3) is 0.231. The maximum atomic E-state index is 13.8. The molecule has 0 saturated heterocycles. The lowest BCUT2D eigenvalue weighted by molar-refractivity contribution is 0.0652. The number of aromatic nitrogens is 1. The van der Waals surface area contributed by atoms with Gasteiger partial charge in [-0.1, -0.05) is 28.9 Å². The molecule has 1 aromatic heterocycles. The van der Waals surface area contributed by atoms with Crippen LogP contribution in [0, 0.1) is 0 Å². The number of aromatic carboxylic acids is 1. The molecule has 19 heavy (non-hydrogen) atoms. The molecule has 0 bridgehead atoms. The van der Waals surface area contributed by atoms with Crippen molar-refractivity contribution in [3.8, 4) is 11.3 Å². The third-order valence-electron chi connectivity index (χ3n) is 2.65. The summed E-state index contributed by atoms with van der Waals surface area (Å²) < 4.78 is 18.4. The number of hydrogen-bond acceptors (Lipinski definition) is 3. The van der Waals surface area contributed by atoms with Crippen molar-refractivity contribution >= 4 is 17.6 Å². The largest absolute Gasteiger partial charge is 0.475 e. The second-order valence-electron chi connectivity index (χ2n) is 4.55. The minimum Gasteiger partial charge on any atom is -0.475 e. The molecule has 100 valence electrons. The second kappa shape index (κ2) is 4.66. The standard InChI is InChI=1S/C13H11ClFNO3/c1-13(2,15)7-3-4-8(9(14)5-7)10-6-11(12(17)18)19-16-10/h3-6H,1-2H3,(H,17,18). The highest BCUT2D eigenvalue weighted by Crippen LogP contribution is 2.33. The Balaban J connectivity index is 2.43.